The van der Waals surface area contributed by atoms with Gasteiger partial charge in [0.25, 0.3) is 5.92 Å². The highest BCUT2D eigenvalue weighted by Gasteiger charge is 2.48. The van der Waals surface area contributed by atoms with E-state index >= 15 is 0 Å². The van der Waals surface area contributed by atoms with Crippen LogP contribution in [0, 0.1) is 17.8 Å². The van der Waals surface area contributed by atoms with E-state index in [1.54, 1.807) is 6.92 Å². The zero-order valence-corrected chi connectivity index (χ0v) is 6.70. The van der Waals surface area contributed by atoms with Crippen molar-refractivity contribution in [3.63, 3.8) is 0 Å². The molecule has 1 aliphatic carbocycles. The van der Waals surface area contributed by atoms with Gasteiger partial charge in [-0.25, -0.2) is 8.78 Å². The summed E-state index contributed by atoms with van der Waals surface area (Å²) in [5.74, 6) is -2.47. The molecule has 0 spiro atoms. The van der Waals surface area contributed by atoms with Crippen molar-refractivity contribution in [2.75, 3.05) is 0 Å². The molecule has 0 aromatic carbocycles. The Morgan fingerprint density at radius 1 is 1.20 bits per heavy atom. The summed E-state index contributed by atoms with van der Waals surface area (Å²) in [5.41, 5.74) is 0. The van der Waals surface area contributed by atoms with Crippen LogP contribution < -0.4 is 0 Å². The molecule has 3 atom stereocenters. The van der Waals surface area contributed by atoms with Crippen LogP contribution in [-0.2, 0) is 0 Å². The molecular formula is C8H14F2. The molecule has 0 N–H and O–H groups in total. The van der Waals surface area contributed by atoms with Crippen LogP contribution >= 0.6 is 0 Å². The lowest BCUT2D eigenvalue weighted by Crippen LogP contribution is -2.21. The Hall–Kier alpha value is -0.140. The van der Waals surface area contributed by atoms with E-state index in [0.717, 1.165) is 0 Å². The Morgan fingerprint density at radius 2 is 1.70 bits per heavy atom. The van der Waals surface area contributed by atoms with Gasteiger partial charge in [0.05, 0.1) is 0 Å². The third-order valence-corrected chi connectivity index (χ3v) is 2.95. The molecule has 0 bridgehead atoms. The highest BCUT2D eigenvalue weighted by molar-refractivity contribution is 4.89. The van der Waals surface area contributed by atoms with E-state index in [4.69, 9.17) is 0 Å². The van der Waals surface area contributed by atoms with E-state index in [2.05, 4.69) is 0 Å². The van der Waals surface area contributed by atoms with Crippen molar-refractivity contribution in [3.8, 4) is 0 Å². The largest absolute Gasteiger partial charge is 0.251 e. The van der Waals surface area contributed by atoms with Crippen molar-refractivity contribution in [3.05, 3.63) is 0 Å². The van der Waals surface area contributed by atoms with Gasteiger partial charge in [-0.2, -0.15) is 0 Å². The Balaban J connectivity index is 2.71. The van der Waals surface area contributed by atoms with Crippen LogP contribution in [0.1, 0.15) is 27.2 Å². The van der Waals surface area contributed by atoms with E-state index in [-0.39, 0.29) is 18.3 Å². The summed E-state index contributed by atoms with van der Waals surface area (Å²) >= 11 is 0. The summed E-state index contributed by atoms with van der Waals surface area (Å²) in [5, 5.41) is 0. The predicted molar refractivity (Wildman–Crippen MR) is 37.1 cm³/mol. The summed E-state index contributed by atoms with van der Waals surface area (Å²) in [6.45, 7) is 5.46. The van der Waals surface area contributed by atoms with Gasteiger partial charge >= 0.3 is 0 Å². The average Bonchev–Trinajstić information content (AvgIpc) is 1.95. The number of hydrogen-bond donors (Lipinski definition) is 0. The first-order valence-electron chi connectivity index (χ1n) is 3.83. The lowest BCUT2D eigenvalue weighted by molar-refractivity contribution is -0.0378. The van der Waals surface area contributed by atoms with Gasteiger partial charge in [0, 0.05) is 12.3 Å². The summed E-state index contributed by atoms with van der Waals surface area (Å²) < 4.78 is 25.7. The minimum Gasteiger partial charge on any atom is -0.207 e. The molecule has 0 amide bonds. The second-order valence-corrected chi connectivity index (χ2v) is 3.59. The monoisotopic (exact) mass is 148 g/mol. The Morgan fingerprint density at radius 3 is 1.80 bits per heavy atom. The van der Waals surface area contributed by atoms with Gasteiger partial charge in [-0.1, -0.05) is 20.8 Å². The molecule has 0 aromatic rings. The van der Waals surface area contributed by atoms with Crippen molar-refractivity contribution < 1.29 is 8.78 Å². The molecule has 0 heterocycles. The van der Waals surface area contributed by atoms with Gasteiger partial charge in [-0.15, -0.1) is 0 Å². The molecule has 60 valence electrons. The molecule has 2 heteroatoms. The fourth-order valence-electron chi connectivity index (χ4n) is 1.68. The van der Waals surface area contributed by atoms with E-state index in [0.29, 0.717) is 0 Å². The van der Waals surface area contributed by atoms with Crippen LogP contribution in [0.3, 0.4) is 0 Å². The number of rotatable bonds is 0. The van der Waals surface area contributed by atoms with Crippen LogP contribution in [0.25, 0.3) is 0 Å². The van der Waals surface area contributed by atoms with Gasteiger partial charge in [0.15, 0.2) is 0 Å². The summed E-state index contributed by atoms with van der Waals surface area (Å²) in [7, 11) is 0. The lowest BCUT2D eigenvalue weighted by atomic mass is 9.94. The molecule has 0 saturated heterocycles. The zero-order chi connectivity index (χ0) is 7.94. The molecule has 2 unspecified atom stereocenters. The molecule has 10 heavy (non-hydrogen) atoms. The third-order valence-electron chi connectivity index (χ3n) is 2.95. The van der Waals surface area contributed by atoms with Crippen molar-refractivity contribution in [2.24, 2.45) is 17.8 Å². The maximum atomic E-state index is 12.8. The molecule has 1 fully saturated rings. The van der Waals surface area contributed by atoms with E-state index in [9.17, 15) is 8.78 Å². The van der Waals surface area contributed by atoms with Gasteiger partial charge in [-0.3, -0.25) is 0 Å². The number of halogens is 2. The van der Waals surface area contributed by atoms with Gasteiger partial charge in [0.2, 0.25) is 0 Å². The van der Waals surface area contributed by atoms with Gasteiger partial charge in [0.1, 0.15) is 0 Å². The second kappa shape index (κ2) is 2.18. The molecule has 0 radical (unpaired) electrons. The standard InChI is InChI=1S/C8H14F2/c1-5-4-8(9,10)7(3)6(5)2/h5-7H,4H2,1-3H3/t5?,6?,7-/m1/s1. The van der Waals surface area contributed by atoms with Crippen LogP contribution in [-0.4, -0.2) is 5.92 Å². The minimum atomic E-state index is -2.40. The molecule has 0 aliphatic heterocycles. The van der Waals surface area contributed by atoms with Crippen LogP contribution in [0.2, 0.25) is 0 Å². The van der Waals surface area contributed by atoms with Gasteiger partial charge in [-0.05, 0) is 11.8 Å². The molecule has 1 saturated carbocycles. The van der Waals surface area contributed by atoms with Crippen LogP contribution in [0.15, 0.2) is 0 Å². The fourth-order valence-corrected chi connectivity index (χ4v) is 1.68. The SMILES string of the molecule is CC1CC(F)(F)[C@H](C)C1C. The van der Waals surface area contributed by atoms with Crippen LogP contribution in [0.5, 0.6) is 0 Å². The average molecular weight is 148 g/mol. The van der Waals surface area contributed by atoms with Crippen molar-refractivity contribution in [2.45, 2.75) is 33.1 Å². The maximum Gasteiger partial charge on any atom is 0.251 e. The highest BCUT2D eigenvalue weighted by atomic mass is 19.3. The first kappa shape index (κ1) is 7.96. The van der Waals surface area contributed by atoms with E-state index < -0.39 is 11.8 Å². The lowest BCUT2D eigenvalue weighted by Gasteiger charge is -2.16. The Kier molecular flexibility index (Phi) is 1.73. The maximum absolute atomic E-state index is 12.8. The number of hydrogen-bond acceptors (Lipinski definition) is 0. The summed E-state index contributed by atoms with van der Waals surface area (Å²) in [6.07, 6.45) is 0.0787. The van der Waals surface area contributed by atoms with Crippen molar-refractivity contribution in [1.29, 1.82) is 0 Å². The molecule has 1 rings (SSSR count). The molecule has 0 aromatic heterocycles. The normalized spacial score (nSPS) is 45.9. The van der Waals surface area contributed by atoms with Crippen LogP contribution in [0.4, 0.5) is 8.78 Å². The number of alkyl halides is 2. The van der Waals surface area contributed by atoms with Crippen molar-refractivity contribution >= 4 is 0 Å². The molecule has 1 aliphatic rings. The minimum absolute atomic E-state index is 0.0787. The first-order chi connectivity index (χ1) is 4.45. The van der Waals surface area contributed by atoms with Crippen molar-refractivity contribution in [1.82, 2.24) is 0 Å². The van der Waals surface area contributed by atoms with E-state index in [1.165, 1.54) is 0 Å². The second-order valence-electron chi connectivity index (χ2n) is 3.59. The first-order valence-corrected chi connectivity index (χ1v) is 3.83. The Bertz CT molecular complexity index is 131. The smallest absolute Gasteiger partial charge is 0.207 e. The predicted octanol–water partition coefficient (Wildman–Crippen LogP) is 2.93. The quantitative estimate of drug-likeness (QED) is 0.495. The van der Waals surface area contributed by atoms with Gasteiger partial charge < -0.3 is 0 Å². The highest BCUT2D eigenvalue weighted by Crippen LogP contribution is 2.47. The summed E-state index contributed by atoms with van der Waals surface area (Å²) in [6, 6.07) is 0. The topological polar surface area (TPSA) is 0 Å². The fraction of sp³-hybridized carbons (Fsp3) is 1.00. The Labute approximate surface area is 60.6 Å². The summed E-state index contributed by atoms with van der Waals surface area (Å²) in [4.78, 5) is 0. The van der Waals surface area contributed by atoms with E-state index in [1.807, 2.05) is 13.8 Å². The molecule has 0 nitrogen and oxygen atoms in total. The third kappa shape index (κ3) is 1.04. The zero-order valence-electron chi connectivity index (χ0n) is 6.70. The molecular weight excluding hydrogens is 134 g/mol.